The average molecular weight is 331 g/mol. The van der Waals surface area contributed by atoms with E-state index in [2.05, 4.69) is 21.2 Å². The number of hydrogen-bond donors (Lipinski definition) is 2. The minimum Gasteiger partial charge on any atom is -0.394 e. The van der Waals surface area contributed by atoms with E-state index in [0.29, 0.717) is 16.5 Å². The molecule has 1 amide bonds. The van der Waals surface area contributed by atoms with Crippen LogP contribution in [0.25, 0.3) is 0 Å². The number of aliphatic hydroxyl groups is 1. The monoisotopic (exact) mass is 330 g/mol. The largest absolute Gasteiger partial charge is 0.394 e. The zero-order chi connectivity index (χ0) is 14.4. The lowest BCUT2D eigenvalue weighted by molar-refractivity contribution is -0.384. The predicted octanol–water partition coefficient (Wildman–Crippen LogP) is 1.79. The zero-order valence-electron chi connectivity index (χ0n) is 10.4. The number of nitro groups is 1. The van der Waals surface area contributed by atoms with E-state index in [0.717, 1.165) is 0 Å². The van der Waals surface area contributed by atoms with Crippen LogP contribution in [0.3, 0.4) is 0 Å². The molecule has 19 heavy (non-hydrogen) atoms. The summed E-state index contributed by atoms with van der Waals surface area (Å²) in [6.45, 7) is 1.76. The molecule has 0 saturated carbocycles. The van der Waals surface area contributed by atoms with Crippen LogP contribution in [0.2, 0.25) is 0 Å². The summed E-state index contributed by atoms with van der Waals surface area (Å²) in [6, 6.07) is 4.01. The number of rotatable bonds is 6. The molecular formula is C12H15BrN2O4. The normalized spacial score (nSPS) is 11.9. The first kappa shape index (κ1) is 15.6. The molecule has 6 nitrogen and oxygen atoms in total. The second kappa shape index (κ2) is 7.20. The molecule has 0 heterocycles. The van der Waals surface area contributed by atoms with Crippen molar-refractivity contribution >= 4 is 27.5 Å². The number of nitrogens with one attached hydrogen (secondary N) is 1. The van der Waals surface area contributed by atoms with Gasteiger partial charge in [0, 0.05) is 16.6 Å². The molecule has 1 rings (SSSR count). The molecule has 1 unspecified atom stereocenters. The van der Waals surface area contributed by atoms with Crippen LogP contribution >= 0.6 is 15.9 Å². The Kier molecular flexibility index (Phi) is 5.91. The molecule has 0 aromatic heterocycles. The van der Waals surface area contributed by atoms with Gasteiger partial charge in [-0.05, 0) is 12.0 Å². The van der Waals surface area contributed by atoms with Gasteiger partial charge in [0.2, 0.25) is 5.91 Å². The minimum atomic E-state index is -0.493. The second-order valence-corrected chi connectivity index (χ2v) is 4.92. The first-order valence-electron chi connectivity index (χ1n) is 5.81. The Hall–Kier alpha value is -1.47. The summed E-state index contributed by atoms with van der Waals surface area (Å²) in [7, 11) is 0. The summed E-state index contributed by atoms with van der Waals surface area (Å²) in [5.74, 6) is -0.226. The topological polar surface area (TPSA) is 92.5 Å². The first-order chi connectivity index (χ1) is 8.97. The molecule has 0 fully saturated rings. The van der Waals surface area contributed by atoms with Gasteiger partial charge in [-0.2, -0.15) is 0 Å². The third kappa shape index (κ3) is 4.60. The molecule has 1 atom stereocenters. The van der Waals surface area contributed by atoms with Gasteiger partial charge in [-0.15, -0.1) is 0 Å². The lowest BCUT2D eigenvalue weighted by atomic mass is 10.1. The van der Waals surface area contributed by atoms with Gasteiger partial charge in [0.25, 0.3) is 5.69 Å². The number of nitrogens with zero attached hydrogens (tertiary/aromatic N) is 1. The summed E-state index contributed by atoms with van der Waals surface area (Å²) < 4.78 is 0.522. The Morgan fingerprint density at radius 3 is 2.74 bits per heavy atom. The third-order valence-corrected chi connectivity index (χ3v) is 3.41. The van der Waals surface area contributed by atoms with E-state index in [1.807, 2.05) is 6.92 Å². The van der Waals surface area contributed by atoms with Crippen LogP contribution in [0.15, 0.2) is 22.7 Å². The van der Waals surface area contributed by atoms with Gasteiger partial charge in [-0.25, -0.2) is 0 Å². The van der Waals surface area contributed by atoms with E-state index in [9.17, 15) is 14.9 Å². The number of benzene rings is 1. The number of carbonyl (C=O) groups is 1. The number of nitro benzene ring substituents is 1. The number of amides is 1. The highest BCUT2D eigenvalue weighted by Gasteiger charge is 2.14. The van der Waals surface area contributed by atoms with Gasteiger partial charge in [0.15, 0.2) is 0 Å². The molecular weight excluding hydrogens is 316 g/mol. The summed E-state index contributed by atoms with van der Waals surface area (Å²) in [5, 5.41) is 22.3. The fourth-order valence-electron chi connectivity index (χ4n) is 1.52. The van der Waals surface area contributed by atoms with Crippen molar-refractivity contribution in [2.75, 3.05) is 6.61 Å². The van der Waals surface area contributed by atoms with Crippen molar-refractivity contribution in [3.05, 3.63) is 38.3 Å². The van der Waals surface area contributed by atoms with Gasteiger partial charge >= 0.3 is 0 Å². The van der Waals surface area contributed by atoms with Gasteiger partial charge in [-0.1, -0.05) is 28.9 Å². The molecule has 0 aliphatic rings. The fourth-order valence-corrected chi connectivity index (χ4v) is 2.03. The van der Waals surface area contributed by atoms with E-state index in [1.54, 1.807) is 6.07 Å². The number of halogens is 1. The average Bonchev–Trinajstić information content (AvgIpc) is 2.38. The maximum absolute atomic E-state index is 11.7. The Balaban J connectivity index is 2.72. The minimum absolute atomic E-state index is 0.0298. The number of hydrogen-bond acceptors (Lipinski definition) is 4. The van der Waals surface area contributed by atoms with Crippen molar-refractivity contribution in [1.82, 2.24) is 5.32 Å². The Morgan fingerprint density at radius 1 is 1.58 bits per heavy atom. The van der Waals surface area contributed by atoms with Crippen molar-refractivity contribution in [2.45, 2.75) is 25.8 Å². The SMILES string of the molecule is CCC(CO)NC(=O)Cc1ccc([N+](=O)[O-])cc1Br. The van der Waals surface area contributed by atoms with Crippen LogP contribution in [0.4, 0.5) is 5.69 Å². The van der Waals surface area contributed by atoms with E-state index in [-0.39, 0.29) is 30.7 Å². The van der Waals surface area contributed by atoms with E-state index in [1.165, 1.54) is 12.1 Å². The number of non-ortho nitro benzene ring substituents is 1. The summed E-state index contributed by atoms with van der Waals surface area (Å²) in [4.78, 5) is 21.8. The Labute approximate surface area is 119 Å². The van der Waals surface area contributed by atoms with Gasteiger partial charge in [0.1, 0.15) is 0 Å². The quantitative estimate of drug-likeness (QED) is 0.614. The Morgan fingerprint density at radius 2 is 2.26 bits per heavy atom. The molecule has 1 aromatic carbocycles. The van der Waals surface area contributed by atoms with E-state index < -0.39 is 4.92 Å². The van der Waals surface area contributed by atoms with Crippen LogP contribution in [-0.2, 0) is 11.2 Å². The standard InChI is InChI=1S/C12H15BrN2O4/c1-2-9(7-16)14-12(17)5-8-3-4-10(15(18)19)6-11(8)13/h3-4,6,9,16H,2,5,7H2,1H3,(H,14,17). The molecule has 1 aromatic rings. The van der Waals surface area contributed by atoms with Crippen molar-refractivity contribution in [2.24, 2.45) is 0 Å². The molecule has 0 aliphatic heterocycles. The zero-order valence-corrected chi connectivity index (χ0v) is 12.0. The molecule has 104 valence electrons. The predicted molar refractivity (Wildman–Crippen MR) is 73.8 cm³/mol. The van der Waals surface area contributed by atoms with Crippen LogP contribution in [-0.4, -0.2) is 28.6 Å². The molecule has 7 heteroatoms. The molecule has 0 spiro atoms. The molecule has 0 radical (unpaired) electrons. The highest BCUT2D eigenvalue weighted by molar-refractivity contribution is 9.10. The highest BCUT2D eigenvalue weighted by Crippen LogP contribution is 2.23. The van der Waals surface area contributed by atoms with Crippen molar-refractivity contribution in [1.29, 1.82) is 0 Å². The van der Waals surface area contributed by atoms with E-state index in [4.69, 9.17) is 5.11 Å². The van der Waals surface area contributed by atoms with Gasteiger partial charge in [-0.3, -0.25) is 14.9 Å². The van der Waals surface area contributed by atoms with Crippen LogP contribution in [0.5, 0.6) is 0 Å². The lowest BCUT2D eigenvalue weighted by Gasteiger charge is -2.14. The van der Waals surface area contributed by atoms with Crippen molar-refractivity contribution in [3.63, 3.8) is 0 Å². The Bertz CT molecular complexity index is 475. The molecule has 0 bridgehead atoms. The smallest absolute Gasteiger partial charge is 0.270 e. The number of carbonyl (C=O) groups excluding carboxylic acids is 1. The lowest BCUT2D eigenvalue weighted by Crippen LogP contribution is -2.37. The maximum Gasteiger partial charge on any atom is 0.270 e. The number of aliphatic hydroxyl groups excluding tert-OH is 1. The fraction of sp³-hybridized carbons (Fsp3) is 0.417. The van der Waals surface area contributed by atoms with Gasteiger partial charge in [0.05, 0.1) is 24.0 Å². The maximum atomic E-state index is 11.7. The second-order valence-electron chi connectivity index (χ2n) is 4.06. The van der Waals surface area contributed by atoms with Crippen LogP contribution < -0.4 is 5.32 Å². The van der Waals surface area contributed by atoms with Crippen LogP contribution in [0, 0.1) is 10.1 Å². The molecule has 2 N–H and O–H groups in total. The first-order valence-corrected chi connectivity index (χ1v) is 6.60. The highest BCUT2D eigenvalue weighted by atomic mass is 79.9. The summed E-state index contributed by atoms with van der Waals surface area (Å²) in [6.07, 6.45) is 0.749. The molecule has 0 saturated heterocycles. The van der Waals surface area contributed by atoms with Crippen molar-refractivity contribution in [3.8, 4) is 0 Å². The van der Waals surface area contributed by atoms with Crippen molar-refractivity contribution < 1.29 is 14.8 Å². The third-order valence-electron chi connectivity index (χ3n) is 2.68. The summed E-state index contributed by atoms with van der Waals surface area (Å²) in [5.41, 5.74) is 0.633. The summed E-state index contributed by atoms with van der Waals surface area (Å²) >= 11 is 3.21. The molecule has 0 aliphatic carbocycles. The van der Waals surface area contributed by atoms with Gasteiger partial charge < -0.3 is 10.4 Å². The van der Waals surface area contributed by atoms with E-state index >= 15 is 0 Å². The van der Waals surface area contributed by atoms with Crippen LogP contribution in [0.1, 0.15) is 18.9 Å².